The predicted molar refractivity (Wildman–Crippen MR) is 259 cm³/mol. The van der Waals surface area contributed by atoms with Crippen LogP contribution >= 0.6 is 0 Å². The Labute approximate surface area is 373 Å². The number of nitriles is 1. The van der Waals surface area contributed by atoms with Gasteiger partial charge in [-0.05, 0) is 57.1 Å². The normalized spacial score (nSPS) is 13.0. The fraction of sp³-hybridized carbons (Fsp3) is 0.0169. The highest BCUT2D eigenvalue weighted by Crippen LogP contribution is 2.64. The molecule has 0 amide bonds. The molecule has 0 saturated carbocycles. The van der Waals surface area contributed by atoms with Gasteiger partial charge in [0.25, 0.3) is 0 Å². The molecule has 0 fully saturated rings. The Bertz CT molecular complexity index is 3920. The molecule has 9 aromatic carbocycles. The fourth-order valence-corrected chi connectivity index (χ4v) is 11.2. The first kappa shape index (κ1) is 35.7. The highest BCUT2D eigenvalue weighted by molar-refractivity contribution is 6.20. The third kappa shape index (κ3) is 4.73. The van der Waals surface area contributed by atoms with Gasteiger partial charge in [-0.15, -0.1) is 0 Å². The van der Waals surface area contributed by atoms with Crippen LogP contribution in [-0.4, -0.2) is 19.5 Å². The van der Waals surface area contributed by atoms with Gasteiger partial charge in [0.1, 0.15) is 17.2 Å². The Balaban J connectivity index is 1.13. The summed E-state index contributed by atoms with van der Waals surface area (Å²) in [6, 6.07) is 72.6. The van der Waals surface area contributed by atoms with Gasteiger partial charge >= 0.3 is 0 Å². The average Bonchev–Trinajstić information content (AvgIpc) is 4.10. The molecule has 2 aliphatic carbocycles. The zero-order chi connectivity index (χ0) is 42.8. The largest absolute Gasteiger partial charge is 0.455 e. The maximum atomic E-state index is 11.4. The molecule has 300 valence electrons. The molecule has 65 heavy (non-hydrogen) atoms. The number of rotatable bonds is 4. The van der Waals surface area contributed by atoms with Gasteiger partial charge in [-0.25, -0.2) is 15.0 Å². The second kappa shape index (κ2) is 13.3. The molecule has 0 aliphatic heterocycles. The van der Waals surface area contributed by atoms with E-state index in [9.17, 15) is 5.26 Å². The van der Waals surface area contributed by atoms with E-state index in [2.05, 4.69) is 126 Å². The summed E-state index contributed by atoms with van der Waals surface area (Å²) < 4.78 is 9.36. The summed E-state index contributed by atoms with van der Waals surface area (Å²) in [6.45, 7) is 0. The average molecular weight is 828 g/mol. The lowest BCUT2D eigenvalue weighted by Crippen LogP contribution is -2.25. The van der Waals surface area contributed by atoms with Gasteiger partial charge in [-0.1, -0.05) is 182 Å². The quantitative estimate of drug-likeness (QED) is 0.176. The molecule has 3 aromatic heterocycles. The summed E-state index contributed by atoms with van der Waals surface area (Å²) in [5.41, 5.74) is 16.2. The van der Waals surface area contributed by atoms with Gasteiger partial charge in [0, 0.05) is 32.8 Å². The minimum absolute atomic E-state index is 0.363. The molecule has 12 aromatic rings. The van der Waals surface area contributed by atoms with E-state index in [1.807, 2.05) is 84.9 Å². The number of para-hydroxylation sites is 2. The first-order valence-electron chi connectivity index (χ1n) is 21.8. The second-order valence-corrected chi connectivity index (χ2v) is 16.9. The molecule has 0 saturated heterocycles. The van der Waals surface area contributed by atoms with Crippen LogP contribution in [0.1, 0.15) is 27.8 Å². The Morgan fingerprint density at radius 3 is 1.66 bits per heavy atom. The molecule has 6 nitrogen and oxygen atoms in total. The van der Waals surface area contributed by atoms with Crippen LogP contribution in [0, 0.1) is 11.3 Å². The van der Waals surface area contributed by atoms with Crippen molar-refractivity contribution < 1.29 is 4.42 Å². The molecule has 3 heterocycles. The predicted octanol–water partition coefficient (Wildman–Crippen LogP) is 14.1. The first-order valence-corrected chi connectivity index (χ1v) is 21.8. The summed E-state index contributed by atoms with van der Waals surface area (Å²) in [5, 5.41) is 15.4. The third-order valence-corrected chi connectivity index (χ3v) is 13.7. The van der Waals surface area contributed by atoms with Crippen LogP contribution in [0.5, 0.6) is 0 Å². The molecular formula is C59H33N5O. The first-order chi connectivity index (χ1) is 32.2. The number of hydrogen-bond donors (Lipinski definition) is 0. The summed E-state index contributed by atoms with van der Waals surface area (Å²) >= 11 is 0. The summed E-state index contributed by atoms with van der Waals surface area (Å²) in [4.78, 5) is 15.2. The van der Waals surface area contributed by atoms with Gasteiger partial charge in [0.2, 0.25) is 0 Å². The van der Waals surface area contributed by atoms with Crippen molar-refractivity contribution in [1.29, 1.82) is 5.26 Å². The number of furan rings is 1. The molecular weight excluding hydrogens is 795 g/mol. The minimum atomic E-state index is -0.528. The van der Waals surface area contributed by atoms with Crippen LogP contribution in [0.25, 0.3) is 106 Å². The lowest BCUT2D eigenvalue weighted by atomic mass is 9.70. The Hall–Kier alpha value is -8.92. The van der Waals surface area contributed by atoms with Gasteiger partial charge in [0.15, 0.2) is 17.5 Å². The van der Waals surface area contributed by atoms with E-state index in [1.54, 1.807) is 0 Å². The van der Waals surface area contributed by atoms with E-state index in [-0.39, 0.29) is 0 Å². The van der Waals surface area contributed by atoms with E-state index in [4.69, 9.17) is 19.4 Å². The van der Waals surface area contributed by atoms with Crippen molar-refractivity contribution in [1.82, 2.24) is 19.5 Å². The van der Waals surface area contributed by atoms with E-state index < -0.39 is 5.41 Å². The number of benzene rings is 9. The van der Waals surface area contributed by atoms with Gasteiger partial charge < -0.3 is 8.98 Å². The summed E-state index contributed by atoms with van der Waals surface area (Å²) in [7, 11) is 0. The number of nitrogens with zero attached hydrogens (tertiary/aromatic N) is 5. The van der Waals surface area contributed by atoms with Crippen molar-refractivity contribution in [3.05, 3.63) is 228 Å². The van der Waals surface area contributed by atoms with E-state index in [0.717, 1.165) is 49.4 Å². The third-order valence-electron chi connectivity index (χ3n) is 13.7. The maximum Gasteiger partial charge on any atom is 0.169 e. The Morgan fingerprint density at radius 2 is 1.00 bits per heavy atom. The minimum Gasteiger partial charge on any atom is -0.455 e. The molecule has 2 aliphatic rings. The SMILES string of the molecule is N#Cc1cc(-n2c3ccccc3c3ccc4c(c32)-c2ccccc2C42c3ccccc3-c3ccccc32)c2c(oc3ccccc32)c1-c1nc(-c2ccccc2)nc(-c2ccccc2)n1. The number of fused-ring (bicyclic) bond motifs is 17. The fourth-order valence-electron chi connectivity index (χ4n) is 11.2. The molecule has 0 atom stereocenters. The van der Waals surface area contributed by atoms with Crippen LogP contribution in [0.2, 0.25) is 0 Å². The molecule has 0 bridgehead atoms. The van der Waals surface area contributed by atoms with Crippen LogP contribution in [-0.2, 0) is 5.41 Å². The molecule has 0 unspecified atom stereocenters. The highest BCUT2D eigenvalue weighted by Gasteiger charge is 2.52. The molecule has 0 N–H and O–H groups in total. The summed E-state index contributed by atoms with van der Waals surface area (Å²) in [6.07, 6.45) is 0. The molecule has 0 radical (unpaired) electrons. The lowest BCUT2D eigenvalue weighted by molar-refractivity contribution is 0.669. The topological polar surface area (TPSA) is 80.5 Å². The zero-order valence-electron chi connectivity index (χ0n) is 34.7. The number of aromatic nitrogens is 4. The Kier molecular flexibility index (Phi) is 7.29. The van der Waals surface area contributed by atoms with E-state index >= 15 is 0 Å². The van der Waals surface area contributed by atoms with Gasteiger partial charge in [-0.3, -0.25) is 0 Å². The molecule has 14 rings (SSSR count). The van der Waals surface area contributed by atoms with Crippen molar-refractivity contribution in [3.63, 3.8) is 0 Å². The van der Waals surface area contributed by atoms with Crippen molar-refractivity contribution in [2.45, 2.75) is 5.41 Å². The highest BCUT2D eigenvalue weighted by atomic mass is 16.3. The van der Waals surface area contributed by atoms with E-state index in [1.165, 1.54) is 44.5 Å². The smallest absolute Gasteiger partial charge is 0.169 e. The van der Waals surface area contributed by atoms with Crippen LogP contribution < -0.4 is 0 Å². The van der Waals surface area contributed by atoms with Crippen molar-refractivity contribution >= 4 is 43.7 Å². The monoisotopic (exact) mass is 827 g/mol. The van der Waals surface area contributed by atoms with Gasteiger partial charge in [-0.2, -0.15) is 5.26 Å². The Morgan fingerprint density at radius 1 is 0.462 bits per heavy atom. The standard InChI is InChI=1S/C59H33N5O/c60-34-37-33-49(53-43-25-11-16-30-50(43)65-55(53)51(37)58-62-56(35-17-3-1-4-18-35)61-57(63-58)36-19-5-2-6-20-36)64-48-29-15-10-23-40(48)41-31-32-47-52(54(41)64)42-24-9-14-28-46(42)59(47)44-26-12-7-21-38(44)39-22-8-13-27-45(39)59/h1-33H. The van der Waals surface area contributed by atoms with Crippen LogP contribution in [0.15, 0.2) is 205 Å². The van der Waals surface area contributed by atoms with Crippen LogP contribution in [0.3, 0.4) is 0 Å². The lowest BCUT2D eigenvalue weighted by Gasteiger charge is -2.30. The van der Waals surface area contributed by atoms with Crippen molar-refractivity contribution in [2.75, 3.05) is 0 Å². The van der Waals surface area contributed by atoms with Crippen LogP contribution in [0.4, 0.5) is 0 Å². The second-order valence-electron chi connectivity index (χ2n) is 16.9. The summed E-state index contributed by atoms with van der Waals surface area (Å²) in [5.74, 6) is 1.38. The van der Waals surface area contributed by atoms with Crippen molar-refractivity contribution in [2.24, 2.45) is 0 Å². The molecule has 6 heteroatoms. The van der Waals surface area contributed by atoms with Gasteiger partial charge in [0.05, 0.1) is 38.6 Å². The van der Waals surface area contributed by atoms with Crippen molar-refractivity contribution in [3.8, 4) is 68.2 Å². The van der Waals surface area contributed by atoms with E-state index in [0.29, 0.717) is 39.8 Å². The number of hydrogen-bond acceptors (Lipinski definition) is 5. The molecule has 1 spiro atoms. The maximum absolute atomic E-state index is 11.4. The zero-order valence-corrected chi connectivity index (χ0v) is 34.7.